The van der Waals surface area contributed by atoms with Crippen LogP contribution in [0.4, 0.5) is 11.4 Å². The van der Waals surface area contributed by atoms with E-state index in [2.05, 4.69) is 15.8 Å². The average Bonchev–Trinajstić information content (AvgIpc) is 2.59. The third-order valence-corrected chi connectivity index (χ3v) is 3.62. The van der Waals surface area contributed by atoms with E-state index in [1.165, 1.54) is 25.1 Å². The number of nitrogens with zero attached hydrogens (tertiary/aromatic N) is 2. The Morgan fingerprint density at radius 1 is 1.04 bits per heavy atom. The van der Waals surface area contributed by atoms with E-state index >= 15 is 0 Å². The number of aryl methyl sites for hydroxylation is 1. The van der Waals surface area contributed by atoms with Crippen LogP contribution in [0.25, 0.3) is 0 Å². The first-order valence-electron chi connectivity index (χ1n) is 7.75. The van der Waals surface area contributed by atoms with Crippen molar-refractivity contribution in [3.63, 3.8) is 0 Å². The minimum absolute atomic E-state index is 0.119. The SMILES string of the molecule is CC(=O)Nc1ccc(/C(C)=N/NC(=O)c2ccc(C)c([N+](=O)[O-])c2)cc1. The quantitative estimate of drug-likeness (QED) is 0.488. The Kier molecular flexibility index (Phi) is 5.79. The van der Waals surface area contributed by atoms with Crippen LogP contribution in [0.5, 0.6) is 0 Å². The van der Waals surface area contributed by atoms with Gasteiger partial charge in [-0.2, -0.15) is 5.10 Å². The van der Waals surface area contributed by atoms with Crippen LogP contribution in [0.1, 0.15) is 35.3 Å². The second-order valence-electron chi connectivity index (χ2n) is 5.66. The maximum Gasteiger partial charge on any atom is 0.273 e. The highest BCUT2D eigenvalue weighted by atomic mass is 16.6. The van der Waals surface area contributed by atoms with Crippen molar-refractivity contribution in [1.82, 2.24) is 5.43 Å². The molecule has 134 valence electrons. The van der Waals surface area contributed by atoms with Crippen molar-refractivity contribution in [2.75, 3.05) is 5.32 Å². The maximum atomic E-state index is 12.2. The van der Waals surface area contributed by atoms with E-state index in [0.29, 0.717) is 17.0 Å². The van der Waals surface area contributed by atoms with Gasteiger partial charge >= 0.3 is 0 Å². The Morgan fingerprint density at radius 2 is 1.65 bits per heavy atom. The van der Waals surface area contributed by atoms with Crippen LogP contribution in [0.3, 0.4) is 0 Å². The monoisotopic (exact) mass is 354 g/mol. The molecule has 0 aliphatic carbocycles. The zero-order chi connectivity index (χ0) is 19.3. The highest BCUT2D eigenvalue weighted by Gasteiger charge is 2.14. The minimum atomic E-state index is -0.540. The number of rotatable bonds is 5. The van der Waals surface area contributed by atoms with Crippen LogP contribution in [-0.4, -0.2) is 22.4 Å². The molecular weight excluding hydrogens is 336 g/mol. The molecule has 0 heterocycles. The Balaban J connectivity index is 2.10. The van der Waals surface area contributed by atoms with Gasteiger partial charge in [0.25, 0.3) is 11.6 Å². The largest absolute Gasteiger partial charge is 0.326 e. The van der Waals surface area contributed by atoms with Gasteiger partial charge in [-0.15, -0.1) is 0 Å². The number of amides is 2. The standard InChI is InChI=1S/C18H18N4O4/c1-11-4-5-15(10-17(11)22(25)26)18(24)21-20-12(2)14-6-8-16(9-7-14)19-13(3)23/h4-10H,1-3H3,(H,19,23)(H,21,24)/b20-12+. The number of hydrazone groups is 1. The summed E-state index contributed by atoms with van der Waals surface area (Å²) in [6, 6.07) is 11.2. The molecule has 0 spiro atoms. The van der Waals surface area contributed by atoms with Gasteiger partial charge < -0.3 is 5.32 Å². The average molecular weight is 354 g/mol. The molecule has 0 bridgehead atoms. The fourth-order valence-corrected chi connectivity index (χ4v) is 2.21. The fraction of sp³-hybridized carbons (Fsp3) is 0.167. The molecule has 0 atom stereocenters. The number of nitro benzene ring substituents is 1. The summed E-state index contributed by atoms with van der Waals surface area (Å²) in [7, 11) is 0. The molecule has 2 rings (SSSR count). The number of hydrogen-bond donors (Lipinski definition) is 2. The lowest BCUT2D eigenvalue weighted by Gasteiger charge is -2.06. The molecule has 8 heteroatoms. The molecule has 0 fully saturated rings. The molecule has 0 saturated carbocycles. The van der Waals surface area contributed by atoms with Crippen molar-refractivity contribution in [1.29, 1.82) is 0 Å². The van der Waals surface area contributed by atoms with Gasteiger partial charge in [-0.1, -0.05) is 18.2 Å². The Morgan fingerprint density at radius 3 is 2.23 bits per heavy atom. The summed E-state index contributed by atoms with van der Waals surface area (Å²) in [4.78, 5) is 33.6. The Bertz CT molecular complexity index is 889. The van der Waals surface area contributed by atoms with Gasteiger partial charge in [0.05, 0.1) is 10.6 Å². The molecule has 0 unspecified atom stereocenters. The number of benzene rings is 2. The molecular formula is C18H18N4O4. The molecule has 0 radical (unpaired) electrons. The highest BCUT2D eigenvalue weighted by molar-refractivity contribution is 6.01. The lowest BCUT2D eigenvalue weighted by Crippen LogP contribution is -2.19. The van der Waals surface area contributed by atoms with Crippen LogP contribution < -0.4 is 10.7 Å². The highest BCUT2D eigenvalue weighted by Crippen LogP contribution is 2.19. The molecule has 2 aromatic carbocycles. The first-order chi connectivity index (χ1) is 12.3. The summed E-state index contributed by atoms with van der Waals surface area (Å²) in [5.41, 5.74) is 4.86. The third-order valence-electron chi connectivity index (χ3n) is 3.62. The second-order valence-corrected chi connectivity index (χ2v) is 5.66. The first-order valence-corrected chi connectivity index (χ1v) is 7.75. The Labute approximate surface area is 150 Å². The first kappa shape index (κ1) is 18.8. The van der Waals surface area contributed by atoms with Gasteiger partial charge in [-0.25, -0.2) is 5.43 Å². The van der Waals surface area contributed by atoms with E-state index < -0.39 is 10.8 Å². The topological polar surface area (TPSA) is 114 Å². The summed E-state index contributed by atoms with van der Waals surface area (Å²) >= 11 is 0. The van der Waals surface area contributed by atoms with Gasteiger partial charge in [0.15, 0.2) is 0 Å². The molecule has 2 aromatic rings. The predicted octanol–water partition coefficient (Wildman–Crippen LogP) is 3.02. The number of anilines is 1. The van der Waals surface area contributed by atoms with E-state index in [4.69, 9.17) is 0 Å². The zero-order valence-corrected chi connectivity index (χ0v) is 14.6. The predicted molar refractivity (Wildman–Crippen MR) is 98.3 cm³/mol. The number of nitrogens with one attached hydrogen (secondary N) is 2. The summed E-state index contributed by atoms with van der Waals surface area (Å²) in [6.45, 7) is 4.74. The molecule has 0 saturated heterocycles. The fourth-order valence-electron chi connectivity index (χ4n) is 2.21. The van der Waals surface area contributed by atoms with Crippen molar-refractivity contribution >= 4 is 28.9 Å². The normalized spacial score (nSPS) is 11.0. The van der Waals surface area contributed by atoms with Crippen molar-refractivity contribution in [3.8, 4) is 0 Å². The van der Waals surface area contributed by atoms with E-state index in [-0.39, 0.29) is 17.2 Å². The van der Waals surface area contributed by atoms with Gasteiger partial charge in [0.2, 0.25) is 5.91 Å². The summed E-state index contributed by atoms with van der Waals surface area (Å²) in [5, 5.41) is 17.6. The molecule has 8 nitrogen and oxygen atoms in total. The molecule has 2 amide bonds. The van der Waals surface area contributed by atoms with Gasteiger partial charge in [0, 0.05) is 29.8 Å². The van der Waals surface area contributed by atoms with E-state index in [9.17, 15) is 19.7 Å². The zero-order valence-electron chi connectivity index (χ0n) is 14.6. The van der Waals surface area contributed by atoms with Crippen molar-refractivity contribution < 1.29 is 14.5 Å². The van der Waals surface area contributed by atoms with Crippen molar-refractivity contribution in [2.45, 2.75) is 20.8 Å². The molecule has 26 heavy (non-hydrogen) atoms. The Hall–Kier alpha value is -3.55. The van der Waals surface area contributed by atoms with Crippen LogP contribution in [0.15, 0.2) is 47.6 Å². The third kappa shape index (κ3) is 4.73. The lowest BCUT2D eigenvalue weighted by atomic mass is 10.1. The molecule has 2 N–H and O–H groups in total. The maximum absolute atomic E-state index is 12.2. The van der Waals surface area contributed by atoms with Crippen LogP contribution in [0, 0.1) is 17.0 Å². The molecule has 0 aliphatic rings. The summed E-state index contributed by atoms with van der Waals surface area (Å²) in [5.74, 6) is -0.704. The van der Waals surface area contributed by atoms with E-state index in [1.807, 2.05) is 0 Å². The second kappa shape index (κ2) is 8.02. The summed E-state index contributed by atoms with van der Waals surface area (Å²) < 4.78 is 0. The van der Waals surface area contributed by atoms with Crippen LogP contribution in [0.2, 0.25) is 0 Å². The van der Waals surface area contributed by atoms with Crippen molar-refractivity contribution in [3.05, 3.63) is 69.3 Å². The smallest absolute Gasteiger partial charge is 0.273 e. The minimum Gasteiger partial charge on any atom is -0.326 e. The van der Waals surface area contributed by atoms with Gasteiger partial charge in [0.1, 0.15) is 0 Å². The van der Waals surface area contributed by atoms with Crippen molar-refractivity contribution in [2.24, 2.45) is 5.10 Å². The molecule has 0 aromatic heterocycles. The molecule has 0 aliphatic heterocycles. The summed E-state index contributed by atoms with van der Waals surface area (Å²) in [6.07, 6.45) is 0. The van der Waals surface area contributed by atoms with Gasteiger partial charge in [-0.05, 0) is 37.6 Å². The van der Waals surface area contributed by atoms with Crippen LogP contribution in [-0.2, 0) is 4.79 Å². The van der Waals surface area contributed by atoms with E-state index in [1.54, 1.807) is 38.1 Å². The lowest BCUT2D eigenvalue weighted by molar-refractivity contribution is -0.385. The number of nitro groups is 1. The van der Waals surface area contributed by atoms with Gasteiger partial charge in [-0.3, -0.25) is 19.7 Å². The number of carbonyl (C=O) groups is 2. The number of carbonyl (C=O) groups excluding carboxylic acids is 2. The van der Waals surface area contributed by atoms with E-state index in [0.717, 1.165) is 5.56 Å². The van der Waals surface area contributed by atoms with Crippen LogP contribution >= 0.6 is 0 Å². The number of hydrogen-bond acceptors (Lipinski definition) is 5.